The number of likely N-dealkylation sites (tertiary alicyclic amines) is 3. The zero-order valence-corrected chi connectivity index (χ0v) is 17.1. The molecule has 3 heteroatoms. The zero-order chi connectivity index (χ0) is 17.5. The van der Waals surface area contributed by atoms with Crippen LogP contribution in [0.4, 0.5) is 0 Å². The summed E-state index contributed by atoms with van der Waals surface area (Å²) < 4.78 is 0. The monoisotopic (exact) mass is 339 g/mol. The Kier molecular flexibility index (Phi) is 13.8. The molecule has 0 unspecified atom stereocenters. The van der Waals surface area contributed by atoms with Crippen molar-refractivity contribution in [1.82, 2.24) is 14.7 Å². The fourth-order valence-corrected chi connectivity index (χ4v) is 3.83. The standard InChI is InChI=1S/C8H17N.C7H15N.C6H13N/c1-2-6-9-7-4-3-5-8-9;1-2-8-6-4-3-5-7-8;1-7-5-3-2-4-6-7/h2-8H2,1H3;2-7H2,1H3;2-6H2,1H3. The minimum atomic E-state index is 1.25. The van der Waals surface area contributed by atoms with Gasteiger partial charge in [-0.2, -0.15) is 0 Å². The van der Waals surface area contributed by atoms with Gasteiger partial charge in [-0.15, -0.1) is 0 Å². The highest BCUT2D eigenvalue weighted by atomic mass is 15.1. The van der Waals surface area contributed by atoms with Crippen molar-refractivity contribution in [1.29, 1.82) is 0 Å². The molecular formula is C21H45N3. The maximum absolute atomic E-state index is 2.57. The molecule has 144 valence electrons. The highest BCUT2D eigenvalue weighted by Gasteiger charge is 2.07. The Morgan fingerprint density at radius 1 is 0.542 bits per heavy atom. The average molecular weight is 340 g/mol. The quantitative estimate of drug-likeness (QED) is 0.751. The second-order valence-electron chi connectivity index (χ2n) is 7.76. The van der Waals surface area contributed by atoms with E-state index in [1.54, 1.807) is 0 Å². The van der Waals surface area contributed by atoms with Gasteiger partial charge in [0.25, 0.3) is 0 Å². The Labute approximate surface area is 152 Å². The van der Waals surface area contributed by atoms with Crippen molar-refractivity contribution >= 4 is 0 Å². The topological polar surface area (TPSA) is 9.72 Å². The van der Waals surface area contributed by atoms with E-state index in [-0.39, 0.29) is 0 Å². The summed E-state index contributed by atoms with van der Waals surface area (Å²) in [5, 5.41) is 0. The van der Waals surface area contributed by atoms with Crippen LogP contribution in [0.15, 0.2) is 0 Å². The summed E-state index contributed by atoms with van der Waals surface area (Å²) in [5.74, 6) is 0. The van der Waals surface area contributed by atoms with Gasteiger partial charge in [0.2, 0.25) is 0 Å². The van der Waals surface area contributed by atoms with Gasteiger partial charge in [0.15, 0.2) is 0 Å². The fourth-order valence-electron chi connectivity index (χ4n) is 3.83. The van der Waals surface area contributed by atoms with Crippen LogP contribution in [0.5, 0.6) is 0 Å². The molecule has 0 saturated carbocycles. The van der Waals surface area contributed by atoms with Gasteiger partial charge in [0.1, 0.15) is 0 Å². The van der Waals surface area contributed by atoms with Crippen molar-refractivity contribution in [2.24, 2.45) is 0 Å². The lowest BCUT2D eigenvalue weighted by atomic mass is 10.1. The lowest BCUT2D eigenvalue weighted by Gasteiger charge is -2.25. The molecule has 24 heavy (non-hydrogen) atoms. The highest BCUT2D eigenvalue weighted by molar-refractivity contribution is 4.63. The normalized spacial score (nSPS) is 23.6. The lowest BCUT2D eigenvalue weighted by molar-refractivity contribution is 0.229. The number of hydrogen-bond acceptors (Lipinski definition) is 3. The van der Waals surface area contributed by atoms with Gasteiger partial charge < -0.3 is 14.7 Å². The number of nitrogens with zero attached hydrogens (tertiary/aromatic N) is 3. The molecule has 3 fully saturated rings. The second kappa shape index (κ2) is 15.2. The first-order chi connectivity index (χ1) is 11.8. The molecule has 3 aliphatic rings. The van der Waals surface area contributed by atoms with Crippen LogP contribution in [0.3, 0.4) is 0 Å². The fraction of sp³-hybridized carbons (Fsp3) is 1.00. The van der Waals surface area contributed by atoms with Gasteiger partial charge in [-0.25, -0.2) is 0 Å². The van der Waals surface area contributed by atoms with Crippen LogP contribution in [0.2, 0.25) is 0 Å². The summed E-state index contributed by atoms with van der Waals surface area (Å²) in [7, 11) is 2.19. The molecule has 0 aromatic carbocycles. The molecule has 3 aliphatic heterocycles. The number of hydrogen-bond donors (Lipinski definition) is 0. The van der Waals surface area contributed by atoms with Gasteiger partial charge in [0, 0.05) is 0 Å². The third-order valence-corrected chi connectivity index (χ3v) is 5.46. The molecule has 0 spiro atoms. The molecule has 3 nitrogen and oxygen atoms in total. The van der Waals surface area contributed by atoms with Crippen molar-refractivity contribution in [3.05, 3.63) is 0 Å². The van der Waals surface area contributed by atoms with E-state index in [0.717, 1.165) is 0 Å². The maximum atomic E-state index is 2.57. The SMILES string of the molecule is CCCN1CCCCC1.CCN1CCCCC1.CN1CCCCC1. The van der Waals surface area contributed by atoms with Crippen molar-refractivity contribution in [2.45, 2.75) is 78.1 Å². The molecule has 0 radical (unpaired) electrons. The van der Waals surface area contributed by atoms with Crippen LogP contribution in [0.25, 0.3) is 0 Å². The Morgan fingerprint density at radius 3 is 1.25 bits per heavy atom. The van der Waals surface area contributed by atoms with E-state index in [1.807, 2.05) is 0 Å². The molecule has 0 amide bonds. The zero-order valence-electron chi connectivity index (χ0n) is 17.1. The molecule has 0 N–H and O–H groups in total. The van der Waals surface area contributed by atoms with Crippen LogP contribution in [-0.4, -0.2) is 74.1 Å². The molecule has 3 rings (SSSR count). The third-order valence-electron chi connectivity index (χ3n) is 5.46. The van der Waals surface area contributed by atoms with E-state index in [9.17, 15) is 0 Å². The van der Waals surface area contributed by atoms with Gasteiger partial charge >= 0.3 is 0 Å². The number of piperidine rings is 3. The Morgan fingerprint density at radius 2 is 0.958 bits per heavy atom. The van der Waals surface area contributed by atoms with Gasteiger partial charge in [-0.1, -0.05) is 33.1 Å². The minimum Gasteiger partial charge on any atom is -0.306 e. The molecule has 0 bridgehead atoms. The van der Waals surface area contributed by atoms with Crippen molar-refractivity contribution < 1.29 is 0 Å². The van der Waals surface area contributed by atoms with Crippen LogP contribution < -0.4 is 0 Å². The molecule has 3 heterocycles. The molecular weight excluding hydrogens is 294 g/mol. The lowest BCUT2D eigenvalue weighted by Crippen LogP contribution is -2.30. The molecule has 3 saturated heterocycles. The van der Waals surface area contributed by atoms with Crippen LogP contribution >= 0.6 is 0 Å². The summed E-state index contributed by atoms with van der Waals surface area (Å²) >= 11 is 0. The van der Waals surface area contributed by atoms with E-state index in [2.05, 4.69) is 35.6 Å². The largest absolute Gasteiger partial charge is 0.306 e. The van der Waals surface area contributed by atoms with E-state index in [4.69, 9.17) is 0 Å². The van der Waals surface area contributed by atoms with E-state index >= 15 is 0 Å². The minimum absolute atomic E-state index is 1.25. The van der Waals surface area contributed by atoms with Crippen molar-refractivity contribution in [2.75, 3.05) is 59.4 Å². The predicted octanol–water partition coefficient (Wildman–Crippen LogP) is 4.48. The highest BCUT2D eigenvalue weighted by Crippen LogP contribution is 2.08. The van der Waals surface area contributed by atoms with Gasteiger partial charge in [-0.05, 0) is 104 Å². The summed E-state index contributed by atoms with van der Waals surface area (Å²) in [5.41, 5.74) is 0. The Balaban J connectivity index is 0.000000181. The maximum Gasteiger partial charge on any atom is -0.00187 e. The first kappa shape index (κ1) is 21.9. The smallest absolute Gasteiger partial charge is 0.00187 e. The summed E-state index contributed by atoms with van der Waals surface area (Å²) in [4.78, 5) is 7.48. The summed E-state index contributed by atoms with van der Waals surface area (Å²) in [6, 6.07) is 0. The van der Waals surface area contributed by atoms with E-state index in [1.165, 1.54) is 117 Å². The van der Waals surface area contributed by atoms with E-state index in [0.29, 0.717) is 0 Å². The molecule has 0 aromatic heterocycles. The first-order valence-corrected chi connectivity index (χ1v) is 10.9. The second-order valence-corrected chi connectivity index (χ2v) is 7.76. The third kappa shape index (κ3) is 11.4. The average Bonchev–Trinajstić information content (AvgIpc) is 2.65. The Hall–Kier alpha value is -0.120. The van der Waals surface area contributed by atoms with Crippen molar-refractivity contribution in [3.63, 3.8) is 0 Å². The number of rotatable bonds is 3. The van der Waals surface area contributed by atoms with E-state index < -0.39 is 0 Å². The predicted molar refractivity (Wildman–Crippen MR) is 108 cm³/mol. The summed E-state index contributed by atoms with van der Waals surface area (Å²) in [6.07, 6.45) is 14.2. The van der Waals surface area contributed by atoms with Crippen molar-refractivity contribution in [3.8, 4) is 0 Å². The van der Waals surface area contributed by atoms with Crippen LogP contribution in [0.1, 0.15) is 78.1 Å². The van der Waals surface area contributed by atoms with Crippen LogP contribution in [0, 0.1) is 0 Å². The molecule has 0 aliphatic carbocycles. The van der Waals surface area contributed by atoms with Gasteiger partial charge in [0.05, 0.1) is 0 Å². The summed E-state index contributed by atoms with van der Waals surface area (Å²) in [6.45, 7) is 15.1. The molecule has 0 aromatic rings. The first-order valence-electron chi connectivity index (χ1n) is 10.9. The Bertz CT molecular complexity index is 249. The van der Waals surface area contributed by atoms with Crippen LogP contribution in [-0.2, 0) is 0 Å². The molecule has 0 atom stereocenters. The van der Waals surface area contributed by atoms with Gasteiger partial charge in [-0.3, -0.25) is 0 Å².